The van der Waals surface area contributed by atoms with Crippen LogP contribution in [0.25, 0.3) is 0 Å². The van der Waals surface area contributed by atoms with Crippen molar-refractivity contribution in [2.24, 2.45) is 11.8 Å². The summed E-state index contributed by atoms with van der Waals surface area (Å²) < 4.78 is 0. The lowest BCUT2D eigenvalue weighted by Crippen LogP contribution is -2.43. The first-order valence-electron chi connectivity index (χ1n) is 9.18. The monoisotopic (exact) mass is 316 g/mol. The maximum Gasteiger partial charge on any atom is 0.226 e. The number of piperidine rings is 1. The van der Waals surface area contributed by atoms with Crippen LogP contribution in [0.1, 0.15) is 46.5 Å². The quantitative estimate of drug-likeness (QED) is 0.753. The lowest BCUT2D eigenvalue weighted by atomic mass is 9.96. The molecule has 0 radical (unpaired) electrons. The summed E-state index contributed by atoms with van der Waals surface area (Å²) in [5.74, 6) is 1.58. The molecule has 0 saturated carbocycles. The average molecular weight is 316 g/mol. The van der Waals surface area contributed by atoms with E-state index in [9.17, 15) is 4.79 Å². The maximum atomic E-state index is 12.4. The van der Waals surface area contributed by atoms with Crippen LogP contribution in [0.4, 0.5) is 5.69 Å². The topological polar surface area (TPSA) is 23.6 Å². The lowest BCUT2D eigenvalue weighted by Gasteiger charge is -2.36. The number of hydrogen-bond donors (Lipinski definition) is 0. The summed E-state index contributed by atoms with van der Waals surface area (Å²) in [5, 5.41) is 0. The first-order valence-corrected chi connectivity index (χ1v) is 9.18. The van der Waals surface area contributed by atoms with Crippen LogP contribution in [-0.4, -0.2) is 37.0 Å². The first kappa shape index (κ1) is 18.0. The van der Waals surface area contributed by atoms with Gasteiger partial charge in [-0.15, -0.1) is 0 Å². The second kappa shape index (κ2) is 9.07. The normalized spacial score (nSPS) is 19.0. The zero-order valence-corrected chi connectivity index (χ0v) is 15.0. The number of carbonyl (C=O) groups excluding carboxylic acids is 1. The minimum absolute atomic E-state index is 0.232. The molecule has 23 heavy (non-hydrogen) atoms. The van der Waals surface area contributed by atoms with Gasteiger partial charge in [-0.25, -0.2) is 0 Å². The molecular weight excluding hydrogens is 284 g/mol. The fraction of sp³-hybridized carbons (Fsp3) is 0.650. The van der Waals surface area contributed by atoms with E-state index in [1.807, 2.05) is 42.2 Å². The third-order valence-corrected chi connectivity index (χ3v) is 4.74. The SMILES string of the molecule is CCC(=O)N(CC1CCCN(CCC(C)C)C1)c1ccccc1. The highest BCUT2D eigenvalue weighted by molar-refractivity contribution is 5.93. The highest BCUT2D eigenvalue weighted by atomic mass is 16.2. The molecule has 3 heteroatoms. The Labute approximate surface area is 141 Å². The van der Waals surface area contributed by atoms with Crippen molar-refractivity contribution >= 4 is 11.6 Å². The van der Waals surface area contributed by atoms with E-state index in [2.05, 4.69) is 18.7 Å². The van der Waals surface area contributed by atoms with Crippen molar-refractivity contribution in [1.82, 2.24) is 4.90 Å². The van der Waals surface area contributed by atoms with Crippen molar-refractivity contribution in [3.63, 3.8) is 0 Å². The molecule has 1 aromatic carbocycles. The fourth-order valence-corrected chi connectivity index (χ4v) is 3.35. The molecule has 0 spiro atoms. The molecule has 1 aromatic rings. The molecule has 1 amide bonds. The van der Waals surface area contributed by atoms with Gasteiger partial charge in [-0.05, 0) is 56.3 Å². The van der Waals surface area contributed by atoms with E-state index in [0.717, 1.165) is 24.7 Å². The first-order chi connectivity index (χ1) is 11.1. The molecule has 2 rings (SSSR count). The van der Waals surface area contributed by atoms with Gasteiger partial charge >= 0.3 is 0 Å². The summed E-state index contributed by atoms with van der Waals surface area (Å²) in [6, 6.07) is 10.1. The number of likely N-dealkylation sites (tertiary alicyclic amines) is 1. The van der Waals surface area contributed by atoms with Gasteiger partial charge in [0.15, 0.2) is 0 Å². The highest BCUT2D eigenvalue weighted by Crippen LogP contribution is 2.22. The summed E-state index contributed by atoms with van der Waals surface area (Å²) >= 11 is 0. The van der Waals surface area contributed by atoms with Crippen LogP contribution in [0.2, 0.25) is 0 Å². The third kappa shape index (κ3) is 5.65. The Bertz CT molecular complexity index is 472. The Morgan fingerprint density at radius 1 is 1.30 bits per heavy atom. The van der Waals surface area contributed by atoms with Crippen LogP contribution >= 0.6 is 0 Å². The Kier molecular flexibility index (Phi) is 7.10. The van der Waals surface area contributed by atoms with Crippen LogP contribution in [0.3, 0.4) is 0 Å². The lowest BCUT2D eigenvalue weighted by molar-refractivity contribution is -0.118. The number of nitrogens with zero attached hydrogens (tertiary/aromatic N) is 2. The number of benzene rings is 1. The average Bonchev–Trinajstić information content (AvgIpc) is 2.58. The Morgan fingerprint density at radius 2 is 2.04 bits per heavy atom. The molecule has 0 aromatic heterocycles. The molecule has 1 unspecified atom stereocenters. The van der Waals surface area contributed by atoms with Crippen LogP contribution < -0.4 is 4.90 Å². The third-order valence-electron chi connectivity index (χ3n) is 4.74. The summed E-state index contributed by atoms with van der Waals surface area (Å²) in [6.45, 7) is 10.9. The Morgan fingerprint density at radius 3 is 2.70 bits per heavy atom. The van der Waals surface area contributed by atoms with Crippen molar-refractivity contribution in [1.29, 1.82) is 0 Å². The van der Waals surface area contributed by atoms with Gasteiger partial charge in [-0.1, -0.05) is 39.0 Å². The molecule has 1 heterocycles. The predicted molar refractivity (Wildman–Crippen MR) is 97.7 cm³/mol. The standard InChI is InChI=1S/C20H32N2O/c1-4-20(23)22(19-10-6-5-7-11-19)16-18-9-8-13-21(15-18)14-12-17(2)3/h5-7,10-11,17-18H,4,8-9,12-16H2,1-3H3. The second-order valence-electron chi connectivity index (χ2n) is 7.18. The molecule has 128 valence electrons. The van der Waals surface area contributed by atoms with E-state index in [4.69, 9.17) is 0 Å². The van der Waals surface area contributed by atoms with E-state index in [-0.39, 0.29) is 5.91 Å². The van der Waals surface area contributed by atoms with E-state index in [1.54, 1.807) is 0 Å². The molecule has 1 saturated heterocycles. The minimum Gasteiger partial charge on any atom is -0.312 e. The number of anilines is 1. The van der Waals surface area contributed by atoms with Crippen LogP contribution in [0, 0.1) is 11.8 Å². The van der Waals surface area contributed by atoms with E-state index in [1.165, 1.54) is 32.4 Å². The molecule has 1 aliphatic rings. The van der Waals surface area contributed by atoms with Gasteiger partial charge in [-0.3, -0.25) is 4.79 Å². The smallest absolute Gasteiger partial charge is 0.226 e. The minimum atomic E-state index is 0.232. The molecule has 1 aliphatic heterocycles. The van der Waals surface area contributed by atoms with Crippen LogP contribution in [0.15, 0.2) is 30.3 Å². The van der Waals surface area contributed by atoms with Crippen molar-refractivity contribution in [2.75, 3.05) is 31.1 Å². The largest absolute Gasteiger partial charge is 0.312 e. The molecule has 0 bridgehead atoms. The van der Waals surface area contributed by atoms with Gasteiger partial charge in [0.2, 0.25) is 5.91 Å². The Balaban J connectivity index is 1.97. The highest BCUT2D eigenvalue weighted by Gasteiger charge is 2.24. The van der Waals surface area contributed by atoms with Crippen molar-refractivity contribution in [3.05, 3.63) is 30.3 Å². The zero-order chi connectivity index (χ0) is 16.7. The second-order valence-corrected chi connectivity index (χ2v) is 7.18. The van der Waals surface area contributed by atoms with Crippen LogP contribution in [0.5, 0.6) is 0 Å². The maximum absolute atomic E-state index is 12.4. The van der Waals surface area contributed by atoms with Gasteiger partial charge < -0.3 is 9.80 Å². The summed E-state index contributed by atoms with van der Waals surface area (Å²) in [7, 11) is 0. The van der Waals surface area contributed by atoms with E-state index < -0.39 is 0 Å². The number of carbonyl (C=O) groups is 1. The Hall–Kier alpha value is -1.35. The van der Waals surface area contributed by atoms with Crippen molar-refractivity contribution in [2.45, 2.75) is 46.5 Å². The van der Waals surface area contributed by atoms with Gasteiger partial charge in [0.1, 0.15) is 0 Å². The zero-order valence-electron chi connectivity index (χ0n) is 15.0. The summed E-state index contributed by atoms with van der Waals surface area (Å²) in [4.78, 5) is 17.0. The van der Waals surface area contributed by atoms with Crippen LogP contribution in [-0.2, 0) is 4.79 Å². The molecule has 1 atom stereocenters. The number of hydrogen-bond acceptors (Lipinski definition) is 2. The van der Waals surface area contributed by atoms with E-state index in [0.29, 0.717) is 12.3 Å². The number of amides is 1. The van der Waals surface area contributed by atoms with Gasteiger partial charge in [-0.2, -0.15) is 0 Å². The van der Waals surface area contributed by atoms with Crippen molar-refractivity contribution in [3.8, 4) is 0 Å². The number of para-hydroxylation sites is 1. The predicted octanol–water partition coefficient (Wildman–Crippen LogP) is 4.19. The molecular formula is C20H32N2O. The molecule has 0 N–H and O–H groups in total. The van der Waals surface area contributed by atoms with E-state index >= 15 is 0 Å². The summed E-state index contributed by atoms with van der Waals surface area (Å²) in [5.41, 5.74) is 1.04. The molecule has 0 aliphatic carbocycles. The number of rotatable bonds is 7. The van der Waals surface area contributed by atoms with Gasteiger partial charge in [0.25, 0.3) is 0 Å². The molecule has 3 nitrogen and oxygen atoms in total. The van der Waals surface area contributed by atoms with Gasteiger partial charge in [0.05, 0.1) is 0 Å². The van der Waals surface area contributed by atoms with Crippen molar-refractivity contribution < 1.29 is 4.79 Å². The fourth-order valence-electron chi connectivity index (χ4n) is 3.35. The molecule has 1 fully saturated rings. The summed E-state index contributed by atoms with van der Waals surface area (Å²) in [6.07, 6.45) is 4.33. The van der Waals surface area contributed by atoms with Gasteiger partial charge in [0, 0.05) is 25.2 Å².